The third-order valence-corrected chi connectivity index (χ3v) is 5.97. The van der Waals surface area contributed by atoms with Gasteiger partial charge in [0.2, 0.25) is 10.0 Å². The Hall–Kier alpha value is -1.11. The van der Waals surface area contributed by atoms with Crippen LogP contribution in [0.1, 0.15) is 38.2 Å². The molecule has 2 rings (SSSR count). The lowest BCUT2D eigenvalue weighted by molar-refractivity contribution is 0.119. The largest absolute Gasteiger partial charge is 0.399 e. The molecule has 1 aromatic carbocycles. The summed E-state index contributed by atoms with van der Waals surface area (Å²) in [5.41, 5.74) is 6.07. The summed E-state index contributed by atoms with van der Waals surface area (Å²) in [7, 11) is -3.67. The number of anilines is 1. The Balaban J connectivity index is 2.31. The summed E-state index contributed by atoms with van der Waals surface area (Å²) < 4.78 is 28.0. The topological polar surface area (TPSA) is 92.4 Å². The molecule has 6 heteroatoms. The Kier molecular flexibility index (Phi) is 4.60. The lowest BCUT2D eigenvalue weighted by atomic mass is 9.78. The van der Waals surface area contributed by atoms with Gasteiger partial charge in [0, 0.05) is 5.69 Å². The third kappa shape index (κ3) is 3.56. The fraction of sp³-hybridized carbons (Fsp3) is 0.600. The minimum absolute atomic E-state index is 0.176. The summed E-state index contributed by atoms with van der Waals surface area (Å²) in [6.45, 7) is 3.64. The third-order valence-electron chi connectivity index (χ3n) is 4.23. The summed E-state index contributed by atoms with van der Waals surface area (Å²) in [5.74, 6) is 0.404. The smallest absolute Gasteiger partial charge is 0.241 e. The molecule has 0 spiro atoms. The number of benzene rings is 1. The van der Waals surface area contributed by atoms with Gasteiger partial charge < -0.3 is 10.8 Å². The molecule has 0 heterocycles. The van der Waals surface area contributed by atoms with E-state index in [1.54, 1.807) is 19.1 Å². The number of aliphatic hydroxyl groups excluding tert-OH is 1. The average Bonchev–Trinajstić information content (AvgIpc) is 2.37. The highest BCUT2D eigenvalue weighted by atomic mass is 32.2. The molecule has 0 saturated heterocycles. The highest BCUT2D eigenvalue weighted by Crippen LogP contribution is 2.33. The number of hydrogen-bond donors (Lipinski definition) is 3. The van der Waals surface area contributed by atoms with Gasteiger partial charge in [-0.15, -0.1) is 0 Å². The van der Waals surface area contributed by atoms with Crippen LogP contribution in [0.15, 0.2) is 23.1 Å². The molecular formula is C15H24N2O3S. The Morgan fingerprint density at radius 1 is 1.48 bits per heavy atom. The van der Waals surface area contributed by atoms with Gasteiger partial charge in [-0.2, -0.15) is 0 Å². The number of hydrogen-bond acceptors (Lipinski definition) is 4. The predicted octanol–water partition coefficient (Wildman–Crippen LogP) is 1.80. The van der Waals surface area contributed by atoms with Crippen molar-refractivity contribution in [3.05, 3.63) is 23.8 Å². The molecule has 1 saturated carbocycles. The Morgan fingerprint density at radius 3 is 2.76 bits per heavy atom. The Labute approximate surface area is 126 Å². The second-order valence-corrected chi connectivity index (χ2v) is 7.92. The van der Waals surface area contributed by atoms with Gasteiger partial charge in [-0.3, -0.25) is 0 Å². The maximum absolute atomic E-state index is 12.6. The number of aliphatic hydroxyl groups is 1. The minimum Gasteiger partial charge on any atom is -0.399 e. The first kappa shape index (κ1) is 16.3. The van der Waals surface area contributed by atoms with Crippen LogP contribution in [0, 0.1) is 12.8 Å². The molecule has 2 atom stereocenters. The number of sulfonamides is 1. The first-order valence-corrected chi connectivity index (χ1v) is 8.77. The molecule has 1 aliphatic carbocycles. The van der Waals surface area contributed by atoms with Crippen molar-refractivity contribution in [2.45, 2.75) is 50.0 Å². The highest BCUT2D eigenvalue weighted by molar-refractivity contribution is 7.89. The molecule has 21 heavy (non-hydrogen) atoms. The van der Waals surface area contributed by atoms with E-state index in [0.717, 1.165) is 12.8 Å². The molecule has 2 unspecified atom stereocenters. The van der Waals surface area contributed by atoms with Gasteiger partial charge in [-0.05, 0) is 49.4 Å². The summed E-state index contributed by atoms with van der Waals surface area (Å²) >= 11 is 0. The van der Waals surface area contributed by atoms with Crippen LogP contribution in [0.4, 0.5) is 5.69 Å². The number of nitrogen functional groups attached to an aromatic ring is 1. The molecule has 5 nitrogen and oxygen atoms in total. The van der Waals surface area contributed by atoms with E-state index in [1.165, 1.54) is 6.07 Å². The molecule has 0 amide bonds. The van der Waals surface area contributed by atoms with Gasteiger partial charge in [0.05, 0.1) is 17.0 Å². The van der Waals surface area contributed by atoms with Crippen LogP contribution in [0.5, 0.6) is 0 Å². The van der Waals surface area contributed by atoms with E-state index in [4.69, 9.17) is 5.73 Å². The summed E-state index contributed by atoms with van der Waals surface area (Å²) in [5, 5.41) is 9.74. The number of aryl methyl sites for hydroxylation is 1. The predicted molar refractivity (Wildman–Crippen MR) is 83.4 cm³/mol. The first-order valence-electron chi connectivity index (χ1n) is 7.29. The van der Waals surface area contributed by atoms with Crippen LogP contribution in [-0.2, 0) is 10.0 Å². The van der Waals surface area contributed by atoms with Crippen molar-refractivity contribution in [2.75, 3.05) is 12.3 Å². The van der Waals surface area contributed by atoms with E-state index in [9.17, 15) is 13.5 Å². The summed E-state index contributed by atoms with van der Waals surface area (Å²) in [4.78, 5) is 0.225. The molecule has 0 aromatic heterocycles. The maximum atomic E-state index is 12.6. The molecule has 4 N–H and O–H groups in total. The van der Waals surface area contributed by atoms with Crippen molar-refractivity contribution in [3.8, 4) is 0 Å². The minimum atomic E-state index is -3.67. The van der Waals surface area contributed by atoms with E-state index < -0.39 is 15.6 Å². The molecule has 0 bridgehead atoms. The van der Waals surface area contributed by atoms with Gasteiger partial charge in [0.1, 0.15) is 0 Å². The quantitative estimate of drug-likeness (QED) is 0.739. The van der Waals surface area contributed by atoms with E-state index in [-0.39, 0.29) is 11.5 Å². The van der Waals surface area contributed by atoms with Crippen LogP contribution < -0.4 is 10.5 Å². The van der Waals surface area contributed by atoms with Crippen molar-refractivity contribution in [1.29, 1.82) is 0 Å². The monoisotopic (exact) mass is 312 g/mol. The lowest BCUT2D eigenvalue weighted by Crippen LogP contribution is -2.53. The standard InChI is InChI=1S/C15H24N2O3S/c1-11-4-3-7-15(9-11,10-18)17-21(19,20)14-6-5-13(16)8-12(14)2/h5-6,8,11,17-18H,3-4,7,9-10,16H2,1-2H3. The van der Waals surface area contributed by atoms with Crippen molar-refractivity contribution in [1.82, 2.24) is 4.72 Å². The fourth-order valence-corrected chi connectivity index (χ4v) is 4.90. The molecule has 0 radical (unpaired) electrons. The van der Waals surface area contributed by atoms with Crippen molar-refractivity contribution >= 4 is 15.7 Å². The zero-order valence-electron chi connectivity index (χ0n) is 12.6. The molecule has 1 aliphatic rings. The Morgan fingerprint density at radius 2 is 2.19 bits per heavy atom. The highest BCUT2D eigenvalue weighted by Gasteiger charge is 2.38. The van der Waals surface area contributed by atoms with Gasteiger partial charge >= 0.3 is 0 Å². The molecule has 0 aliphatic heterocycles. The van der Waals surface area contributed by atoms with Crippen molar-refractivity contribution < 1.29 is 13.5 Å². The molecular weight excluding hydrogens is 288 g/mol. The van der Waals surface area contributed by atoms with Crippen LogP contribution in [0.2, 0.25) is 0 Å². The van der Waals surface area contributed by atoms with E-state index >= 15 is 0 Å². The fourth-order valence-electron chi connectivity index (χ4n) is 3.24. The Bertz CT molecular complexity index is 615. The molecule has 118 valence electrons. The maximum Gasteiger partial charge on any atom is 0.241 e. The second kappa shape index (κ2) is 5.94. The number of nitrogens with two attached hydrogens (primary N) is 1. The zero-order valence-corrected chi connectivity index (χ0v) is 13.4. The normalized spacial score (nSPS) is 26.7. The van der Waals surface area contributed by atoms with E-state index in [0.29, 0.717) is 30.0 Å². The van der Waals surface area contributed by atoms with Gasteiger partial charge in [0.15, 0.2) is 0 Å². The SMILES string of the molecule is Cc1cc(N)ccc1S(=O)(=O)NC1(CO)CCCC(C)C1. The van der Waals surface area contributed by atoms with Gasteiger partial charge in [-0.1, -0.05) is 19.8 Å². The van der Waals surface area contributed by atoms with Crippen LogP contribution in [0.25, 0.3) is 0 Å². The molecule has 1 aromatic rings. The van der Waals surface area contributed by atoms with Crippen LogP contribution in [0.3, 0.4) is 0 Å². The van der Waals surface area contributed by atoms with Crippen molar-refractivity contribution in [3.63, 3.8) is 0 Å². The van der Waals surface area contributed by atoms with Crippen LogP contribution >= 0.6 is 0 Å². The summed E-state index contributed by atoms with van der Waals surface area (Å²) in [6, 6.07) is 4.74. The number of nitrogens with one attached hydrogen (secondary N) is 1. The van der Waals surface area contributed by atoms with Crippen molar-refractivity contribution in [2.24, 2.45) is 5.92 Å². The van der Waals surface area contributed by atoms with Gasteiger partial charge in [0.25, 0.3) is 0 Å². The van der Waals surface area contributed by atoms with E-state index in [2.05, 4.69) is 11.6 Å². The van der Waals surface area contributed by atoms with Gasteiger partial charge in [-0.25, -0.2) is 13.1 Å². The summed E-state index contributed by atoms with van der Waals surface area (Å²) in [6.07, 6.45) is 3.33. The van der Waals surface area contributed by atoms with Crippen LogP contribution in [-0.4, -0.2) is 25.7 Å². The lowest BCUT2D eigenvalue weighted by Gasteiger charge is -2.39. The zero-order chi connectivity index (χ0) is 15.7. The van der Waals surface area contributed by atoms with E-state index in [1.807, 2.05) is 0 Å². The molecule has 1 fully saturated rings. The second-order valence-electron chi connectivity index (χ2n) is 6.27. The average molecular weight is 312 g/mol. The first-order chi connectivity index (χ1) is 9.78. The number of rotatable bonds is 4.